The van der Waals surface area contributed by atoms with E-state index < -0.39 is 0 Å². The van der Waals surface area contributed by atoms with Crippen molar-refractivity contribution >= 4 is 23.0 Å². The molecule has 1 aliphatic rings. The number of nitrogens with zero attached hydrogens (tertiary/aromatic N) is 3. The number of aliphatic imine (C=N–C) groups is 1. The lowest BCUT2D eigenvalue weighted by molar-refractivity contribution is 0.340. The molecule has 1 aromatic carbocycles. The van der Waals surface area contributed by atoms with Gasteiger partial charge < -0.3 is 10.2 Å². The van der Waals surface area contributed by atoms with E-state index in [4.69, 9.17) is 4.99 Å². The summed E-state index contributed by atoms with van der Waals surface area (Å²) in [6.07, 6.45) is 4.73. The Balaban J connectivity index is 1.67. The summed E-state index contributed by atoms with van der Waals surface area (Å²) in [6, 6.07) is 10.3. The van der Waals surface area contributed by atoms with Crippen molar-refractivity contribution in [1.82, 2.24) is 9.88 Å². The van der Waals surface area contributed by atoms with E-state index in [1.807, 2.05) is 25.1 Å². The molecule has 0 saturated carbocycles. The molecule has 1 aromatic heterocycles. The van der Waals surface area contributed by atoms with Crippen LogP contribution in [-0.2, 0) is 6.42 Å². The average molecular weight is 328 g/mol. The lowest BCUT2D eigenvalue weighted by Crippen LogP contribution is -2.40. The number of piperidine rings is 1. The van der Waals surface area contributed by atoms with E-state index in [2.05, 4.69) is 32.7 Å². The van der Waals surface area contributed by atoms with E-state index in [-0.39, 0.29) is 0 Å². The van der Waals surface area contributed by atoms with Crippen LogP contribution in [0, 0.1) is 6.92 Å². The smallest absolute Gasteiger partial charge is 0.198 e. The Morgan fingerprint density at radius 1 is 1.22 bits per heavy atom. The number of aromatic nitrogens is 1. The number of aryl methyl sites for hydroxylation is 1. The van der Waals surface area contributed by atoms with Gasteiger partial charge in [0.2, 0.25) is 0 Å². The molecular weight excluding hydrogens is 304 g/mol. The minimum Gasteiger partial charge on any atom is -0.343 e. The number of rotatable bonds is 4. The van der Waals surface area contributed by atoms with Crippen LogP contribution in [-0.4, -0.2) is 35.5 Å². The van der Waals surface area contributed by atoms with Gasteiger partial charge in [0.05, 0.1) is 10.7 Å². The topological polar surface area (TPSA) is 40.5 Å². The van der Waals surface area contributed by atoms with Crippen molar-refractivity contribution in [3.8, 4) is 0 Å². The summed E-state index contributed by atoms with van der Waals surface area (Å²) in [5.41, 5.74) is 2.25. The van der Waals surface area contributed by atoms with E-state index in [0.717, 1.165) is 48.4 Å². The maximum absolute atomic E-state index is 4.84. The van der Waals surface area contributed by atoms with Crippen LogP contribution in [0.25, 0.3) is 0 Å². The quantitative estimate of drug-likeness (QED) is 0.682. The van der Waals surface area contributed by atoms with Crippen LogP contribution in [0.4, 0.5) is 5.69 Å². The molecule has 0 aliphatic carbocycles. The fraction of sp³-hybridized carbons (Fsp3) is 0.444. The third-order valence-corrected chi connectivity index (χ3v) is 4.80. The van der Waals surface area contributed by atoms with Crippen molar-refractivity contribution in [3.05, 3.63) is 46.4 Å². The highest BCUT2D eigenvalue weighted by Crippen LogP contribution is 2.13. The molecule has 0 radical (unpaired) electrons. The van der Waals surface area contributed by atoms with Crippen molar-refractivity contribution in [2.75, 3.05) is 25.0 Å². The molecule has 0 bridgehead atoms. The number of hydrogen-bond donors (Lipinski definition) is 1. The SMILES string of the molecule is Cc1nc(CCN=C(Nc2ccccc2)N2CCCCC2)cs1. The van der Waals surface area contributed by atoms with Crippen LogP contribution in [0.3, 0.4) is 0 Å². The fourth-order valence-corrected chi connectivity index (χ4v) is 3.42. The van der Waals surface area contributed by atoms with Crippen molar-refractivity contribution in [3.63, 3.8) is 0 Å². The zero-order valence-electron chi connectivity index (χ0n) is 13.7. The Morgan fingerprint density at radius 2 is 2.00 bits per heavy atom. The molecule has 0 amide bonds. The average Bonchev–Trinajstić information content (AvgIpc) is 3.01. The molecular formula is C18H24N4S. The van der Waals surface area contributed by atoms with Gasteiger partial charge in [0.25, 0.3) is 0 Å². The number of thiazole rings is 1. The molecule has 3 rings (SSSR count). The first-order valence-electron chi connectivity index (χ1n) is 8.34. The molecule has 1 aliphatic heterocycles. The number of anilines is 1. The second-order valence-electron chi connectivity index (χ2n) is 5.85. The molecule has 4 nitrogen and oxygen atoms in total. The number of para-hydroxylation sites is 1. The first-order valence-corrected chi connectivity index (χ1v) is 9.22. The van der Waals surface area contributed by atoms with E-state index in [9.17, 15) is 0 Å². The second-order valence-corrected chi connectivity index (χ2v) is 6.91. The number of benzene rings is 1. The van der Waals surface area contributed by atoms with E-state index in [0.29, 0.717) is 0 Å². The highest BCUT2D eigenvalue weighted by Gasteiger charge is 2.14. The lowest BCUT2D eigenvalue weighted by atomic mass is 10.1. The molecule has 1 fully saturated rings. The summed E-state index contributed by atoms with van der Waals surface area (Å²) in [4.78, 5) is 11.7. The molecule has 1 saturated heterocycles. The summed E-state index contributed by atoms with van der Waals surface area (Å²) < 4.78 is 0. The first-order chi connectivity index (χ1) is 11.3. The van der Waals surface area contributed by atoms with Crippen molar-refractivity contribution in [2.24, 2.45) is 4.99 Å². The van der Waals surface area contributed by atoms with Crippen molar-refractivity contribution in [1.29, 1.82) is 0 Å². The molecule has 0 atom stereocenters. The van der Waals surface area contributed by atoms with Crippen molar-refractivity contribution in [2.45, 2.75) is 32.6 Å². The van der Waals surface area contributed by atoms with Crippen LogP contribution in [0.5, 0.6) is 0 Å². The summed E-state index contributed by atoms with van der Waals surface area (Å²) in [6.45, 7) is 5.01. The minimum atomic E-state index is 0.773. The van der Waals surface area contributed by atoms with Crippen molar-refractivity contribution < 1.29 is 0 Å². The maximum atomic E-state index is 4.84. The minimum absolute atomic E-state index is 0.773. The van der Waals surface area contributed by atoms with Crippen LogP contribution in [0.2, 0.25) is 0 Å². The van der Waals surface area contributed by atoms with E-state index >= 15 is 0 Å². The summed E-state index contributed by atoms with van der Waals surface area (Å²) >= 11 is 1.71. The summed E-state index contributed by atoms with van der Waals surface area (Å²) in [7, 11) is 0. The predicted molar refractivity (Wildman–Crippen MR) is 98.3 cm³/mol. The van der Waals surface area contributed by atoms with Gasteiger partial charge in [-0.15, -0.1) is 11.3 Å². The predicted octanol–water partition coefficient (Wildman–Crippen LogP) is 3.95. The van der Waals surface area contributed by atoms with E-state index in [1.165, 1.54) is 19.3 Å². The van der Waals surface area contributed by atoms with Gasteiger partial charge in [0.1, 0.15) is 0 Å². The normalized spacial score (nSPS) is 15.7. The Bertz CT molecular complexity index is 629. The Kier molecular flexibility index (Phi) is 5.64. The van der Waals surface area contributed by atoms with Gasteiger partial charge in [-0.1, -0.05) is 18.2 Å². The zero-order valence-corrected chi connectivity index (χ0v) is 14.5. The molecule has 0 spiro atoms. The third kappa shape index (κ3) is 4.79. The molecule has 1 N–H and O–H groups in total. The van der Waals surface area contributed by atoms with Gasteiger partial charge in [-0.05, 0) is 38.3 Å². The van der Waals surface area contributed by atoms with Crippen LogP contribution in [0.15, 0.2) is 40.7 Å². The zero-order chi connectivity index (χ0) is 15.9. The Hall–Kier alpha value is -1.88. The maximum Gasteiger partial charge on any atom is 0.198 e. The molecule has 23 heavy (non-hydrogen) atoms. The Morgan fingerprint density at radius 3 is 2.70 bits per heavy atom. The first kappa shape index (κ1) is 16.0. The van der Waals surface area contributed by atoms with Gasteiger partial charge >= 0.3 is 0 Å². The van der Waals surface area contributed by atoms with Gasteiger partial charge in [-0.25, -0.2) is 4.98 Å². The van der Waals surface area contributed by atoms with Gasteiger partial charge in [-0.2, -0.15) is 0 Å². The number of hydrogen-bond acceptors (Lipinski definition) is 3. The largest absolute Gasteiger partial charge is 0.343 e. The number of guanidine groups is 1. The molecule has 2 heterocycles. The second kappa shape index (κ2) is 8.11. The fourth-order valence-electron chi connectivity index (χ4n) is 2.77. The number of likely N-dealkylation sites (tertiary alicyclic amines) is 1. The van der Waals surface area contributed by atoms with Crippen LogP contribution < -0.4 is 5.32 Å². The highest BCUT2D eigenvalue weighted by atomic mass is 32.1. The van der Waals surface area contributed by atoms with Crippen LogP contribution in [0.1, 0.15) is 30.0 Å². The molecule has 5 heteroatoms. The summed E-state index contributed by atoms with van der Waals surface area (Å²) in [5, 5.41) is 6.76. The molecule has 122 valence electrons. The van der Waals surface area contributed by atoms with Crippen LogP contribution >= 0.6 is 11.3 Å². The van der Waals surface area contributed by atoms with Gasteiger partial charge in [-0.3, -0.25) is 4.99 Å². The third-order valence-electron chi connectivity index (χ3n) is 3.98. The standard InChI is InChI=1S/C18H24N4S/c1-15-20-17(14-23-15)10-11-19-18(22-12-6-3-7-13-22)21-16-8-4-2-5-9-16/h2,4-5,8-9,14H,3,6-7,10-13H2,1H3,(H,19,21). The van der Waals surface area contributed by atoms with E-state index in [1.54, 1.807) is 11.3 Å². The molecule has 2 aromatic rings. The lowest BCUT2D eigenvalue weighted by Gasteiger charge is -2.30. The highest BCUT2D eigenvalue weighted by molar-refractivity contribution is 7.09. The molecule has 0 unspecified atom stereocenters. The number of nitrogens with one attached hydrogen (secondary N) is 1. The van der Waals surface area contributed by atoms with Gasteiger partial charge in [0, 0.05) is 37.1 Å². The monoisotopic (exact) mass is 328 g/mol. The van der Waals surface area contributed by atoms with Gasteiger partial charge in [0.15, 0.2) is 5.96 Å². The Labute approximate surface area is 142 Å². The summed E-state index contributed by atoms with van der Waals surface area (Å²) in [5.74, 6) is 1.00.